The normalized spacial score (nSPS) is 16.3. The van der Waals surface area contributed by atoms with Crippen LogP contribution in [0.2, 0.25) is 0 Å². The first-order chi connectivity index (χ1) is 12.6. The summed E-state index contributed by atoms with van der Waals surface area (Å²) in [5.74, 6) is 1.95. The van der Waals surface area contributed by atoms with Gasteiger partial charge in [0.25, 0.3) is 0 Å². The van der Waals surface area contributed by atoms with Crippen LogP contribution in [0.5, 0.6) is 0 Å². The summed E-state index contributed by atoms with van der Waals surface area (Å²) in [5.41, 5.74) is 2.61. The molecule has 0 bridgehead atoms. The highest BCUT2D eigenvalue weighted by molar-refractivity contribution is 5.80. The number of aliphatic imine (C=N–C) groups is 1. The predicted octanol–water partition coefficient (Wildman–Crippen LogP) is 2.96. The van der Waals surface area contributed by atoms with Gasteiger partial charge >= 0.3 is 0 Å². The summed E-state index contributed by atoms with van der Waals surface area (Å²) in [6.07, 6.45) is 5.66. The molecule has 1 amide bonds. The van der Waals surface area contributed by atoms with Crippen LogP contribution in [0.1, 0.15) is 56.1 Å². The molecular formula is C21H34N4O. The van der Waals surface area contributed by atoms with Gasteiger partial charge in [0.05, 0.1) is 0 Å². The second-order valence-electron chi connectivity index (χ2n) is 7.40. The Balaban J connectivity index is 1.62. The first-order valence-electron chi connectivity index (χ1n) is 9.86. The van der Waals surface area contributed by atoms with Crippen molar-refractivity contribution < 1.29 is 4.79 Å². The molecule has 0 radical (unpaired) electrons. The van der Waals surface area contributed by atoms with Crippen molar-refractivity contribution in [1.82, 2.24) is 16.0 Å². The molecule has 0 saturated heterocycles. The summed E-state index contributed by atoms with van der Waals surface area (Å²) < 4.78 is 0. The van der Waals surface area contributed by atoms with Crippen LogP contribution >= 0.6 is 0 Å². The number of carbonyl (C=O) groups excluding carboxylic acids is 1. The van der Waals surface area contributed by atoms with Crippen molar-refractivity contribution in [3.8, 4) is 0 Å². The molecule has 1 saturated carbocycles. The molecule has 0 spiro atoms. The van der Waals surface area contributed by atoms with E-state index in [0.29, 0.717) is 31.3 Å². The number of guanidine groups is 1. The summed E-state index contributed by atoms with van der Waals surface area (Å²) in [5, 5.41) is 9.62. The van der Waals surface area contributed by atoms with E-state index in [1.54, 1.807) is 7.05 Å². The number of hydrogen-bond donors (Lipinski definition) is 3. The Hall–Kier alpha value is -2.04. The fraction of sp³-hybridized carbons (Fsp3) is 0.619. The zero-order valence-corrected chi connectivity index (χ0v) is 16.5. The molecule has 0 aromatic heterocycles. The third-order valence-electron chi connectivity index (χ3n) is 5.10. The van der Waals surface area contributed by atoms with Crippen molar-refractivity contribution in [2.45, 2.75) is 51.9 Å². The summed E-state index contributed by atoms with van der Waals surface area (Å²) in [4.78, 5) is 16.2. The molecule has 5 heteroatoms. The predicted molar refractivity (Wildman–Crippen MR) is 109 cm³/mol. The molecule has 1 atom stereocenters. The van der Waals surface area contributed by atoms with Crippen LogP contribution in [0.25, 0.3) is 0 Å². The van der Waals surface area contributed by atoms with Gasteiger partial charge in [-0.25, -0.2) is 0 Å². The van der Waals surface area contributed by atoms with Crippen LogP contribution in [0.3, 0.4) is 0 Å². The van der Waals surface area contributed by atoms with Gasteiger partial charge in [-0.1, -0.05) is 49.6 Å². The molecule has 0 heterocycles. The third-order valence-corrected chi connectivity index (χ3v) is 5.10. The Morgan fingerprint density at radius 2 is 1.92 bits per heavy atom. The largest absolute Gasteiger partial charge is 0.356 e. The molecule has 1 aromatic rings. The molecule has 1 aromatic carbocycles. The van der Waals surface area contributed by atoms with E-state index in [2.05, 4.69) is 59.1 Å². The van der Waals surface area contributed by atoms with Crippen molar-refractivity contribution in [3.05, 3.63) is 35.4 Å². The number of amides is 1. The average molecular weight is 359 g/mol. The van der Waals surface area contributed by atoms with Crippen molar-refractivity contribution in [2.24, 2.45) is 10.9 Å². The van der Waals surface area contributed by atoms with Crippen LogP contribution < -0.4 is 16.0 Å². The van der Waals surface area contributed by atoms with Gasteiger partial charge in [-0.05, 0) is 37.2 Å². The fourth-order valence-corrected chi connectivity index (χ4v) is 3.50. The molecule has 1 aliphatic carbocycles. The number of benzene rings is 1. The van der Waals surface area contributed by atoms with Gasteiger partial charge in [-0.3, -0.25) is 9.79 Å². The SMILES string of the molecule is CN=C(NCCNC(=O)CC1CCCC1)NCC(C)c1cccc(C)c1. The molecule has 26 heavy (non-hydrogen) atoms. The Bertz CT molecular complexity index is 593. The number of rotatable bonds is 8. The first-order valence-corrected chi connectivity index (χ1v) is 9.86. The minimum absolute atomic E-state index is 0.176. The summed E-state index contributed by atoms with van der Waals surface area (Å²) >= 11 is 0. The van der Waals surface area contributed by atoms with E-state index in [1.165, 1.54) is 36.8 Å². The zero-order valence-electron chi connectivity index (χ0n) is 16.5. The van der Waals surface area contributed by atoms with E-state index < -0.39 is 0 Å². The van der Waals surface area contributed by atoms with Gasteiger partial charge < -0.3 is 16.0 Å². The van der Waals surface area contributed by atoms with Crippen LogP contribution in [0.4, 0.5) is 0 Å². The van der Waals surface area contributed by atoms with Crippen molar-refractivity contribution in [2.75, 3.05) is 26.7 Å². The molecule has 2 rings (SSSR count). The minimum atomic E-state index is 0.176. The number of aryl methyl sites for hydroxylation is 1. The van der Waals surface area contributed by atoms with Crippen molar-refractivity contribution >= 4 is 11.9 Å². The molecule has 3 N–H and O–H groups in total. The Kier molecular flexibility index (Phi) is 8.45. The van der Waals surface area contributed by atoms with E-state index in [4.69, 9.17) is 0 Å². The van der Waals surface area contributed by atoms with E-state index in [1.807, 2.05) is 0 Å². The third kappa shape index (κ3) is 7.06. The maximum Gasteiger partial charge on any atom is 0.220 e. The van der Waals surface area contributed by atoms with Gasteiger partial charge in [0.2, 0.25) is 5.91 Å². The van der Waals surface area contributed by atoms with E-state index in [0.717, 1.165) is 12.5 Å². The highest BCUT2D eigenvalue weighted by atomic mass is 16.1. The molecule has 144 valence electrons. The first kappa shape index (κ1) is 20.3. The number of hydrogen-bond acceptors (Lipinski definition) is 2. The number of nitrogens with one attached hydrogen (secondary N) is 3. The van der Waals surface area contributed by atoms with Crippen molar-refractivity contribution in [1.29, 1.82) is 0 Å². The highest BCUT2D eigenvalue weighted by Crippen LogP contribution is 2.27. The lowest BCUT2D eigenvalue weighted by molar-refractivity contribution is -0.121. The van der Waals surface area contributed by atoms with Crippen molar-refractivity contribution in [3.63, 3.8) is 0 Å². The molecule has 1 aliphatic rings. The topological polar surface area (TPSA) is 65.5 Å². The molecule has 1 unspecified atom stereocenters. The maximum absolute atomic E-state index is 11.9. The van der Waals surface area contributed by atoms with E-state index >= 15 is 0 Å². The van der Waals surface area contributed by atoms with Crippen LogP contribution in [-0.4, -0.2) is 38.5 Å². The summed E-state index contributed by atoms with van der Waals surface area (Å²) in [7, 11) is 1.77. The lowest BCUT2D eigenvalue weighted by atomic mass is 9.99. The quantitative estimate of drug-likeness (QED) is 0.380. The summed E-state index contributed by atoms with van der Waals surface area (Å²) in [6, 6.07) is 8.60. The van der Waals surface area contributed by atoms with E-state index in [-0.39, 0.29) is 5.91 Å². The second kappa shape index (κ2) is 10.8. The van der Waals surface area contributed by atoms with Crippen LogP contribution in [0.15, 0.2) is 29.3 Å². The number of nitrogens with zero attached hydrogens (tertiary/aromatic N) is 1. The lowest BCUT2D eigenvalue weighted by Crippen LogP contribution is -2.42. The average Bonchev–Trinajstić information content (AvgIpc) is 3.13. The smallest absolute Gasteiger partial charge is 0.220 e. The minimum Gasteiger partial charge on any atom is -0.356 e. The standard InChI is InChI=1S/C21H34N4O/c1-16-7-6-10-19(13-16)17(2)15-25-21(22-3)24-12-11-23-20(26)14-18-8-4-5-9-18/h6-7,10,13,17-18H,4-5,8-9,11-12,14-15H2,1-3H3,(H,23,26)(H2,22,24,25). The van der Waals surface area contributed by atoms with Gasteiger partial charge in [-0.2, -0.15) is 0 Å². The van der Waals surface area contributed by atoms with Gasteiger partial charge in [0.15, 0.2) is 5.96 Å². The maximum atomic E-state index is 11.9. The van der Waals surface area contributed by atoms with Gasteiger partial charge in [0.1, 0.15) is 0 Å². The Morgan fingerprint density at radius 1 is 1.19 bits per heavy atom. The lowest BCUT2D eigenvalue weighted by Gasteiger charge is -2.17. The fourth-order valence-electron chi connectivity index (χ4n) is 3.50. The van der Waals surface area contributed by atoms with E-state index in [9.17, 15) is 4.79 Å². The molecule has 0 aliphatic heterocycles. The van der Waals surface area contributed by atoms with Crippen LogP contribution in [0, 0.1) is 12.8 Å². The zero-order chi connectivity index (χ0) is 18.8. The van der Waals surface area contributed by atoms with Gasteiger partial charge in [0, 0.05) is 33.1 Å². The monoisotopic (exact) mass is 358 g/mol. The Labute approximate surface area is 158 Å². The Morgan fingerprint density at radius 3 is 2.62 bits per heavy atom. The second-order valence-corrected chi connectivity index (χ2v) is 7.40. The molecular weight excluding hydrogens is 324 g/mol. The number of carbonyl (C=O) groups is 1. The summed E-state index contributed by atoms with van der Waals surface area (Å²) in [6.45, 7) is 6.44. The van der Waals surface area contributed by atoms with Gasteiger partial charge in [-0.15, -0.1) is 0 Å². The highest BCUT2D eigenvalue weighted by Gasteiger charge is 2.17. The molecule has 1 fully saturated rings. The van der Waals surface area contributed by atoms with Crippen LogP contribution in [-0.2, 0) is 4.79 Å². The molecule has 5 nitrogen and oxygen atoms in total.